The van der Waals surface area contributed by atoms with E-state index < -0.39 is 5.91 Å². The molecule has 0 atom stereocenters. The number of carbonyl (C=O) groups excluding carboxylic acids is 1. The first-order chi connectivity index (χ1) is 15.8. The van der Waals surface area contributed by atoms with Crippen LogP contribution in [0, 0.1) is 13.8 Å². The van der Waals surface area contributed by atoms with Crippen LogP contribution in [0.4, 0.5) is 5.82 Å². The molecule has 9 heteroatoms. The minimum Gasteiger partial charge on any atom is -0.486 e. The second-order valence-corrected chi connectivity index (χ2v) is 9.29. The lowest BCUT2D eigenvalue weighted by molar-refractivity contribution is 0.0992. The zero-order valence-corrected chi connectivity index (χ0v) is 21.0. The second-order valence-electron chi connectivity index (χ2n) is 7.59. The van der Waals surface area contributed by atoms with Gasteiger partial charge in [0.15, 0.2) is 11.6 Å². The number of hydrogen-bond acceptors (Lipinski definition) is 4. The third-order valence-corrected chi connectivity index (χ3v) is 5.93. The molecule has 2 aromatic carbocycles. The molecule has 2 heterocycles. The predicted molar refractivity (Wildman–Crippen MR) is 132 cm³/mol. The van der Waals surface area contributed by atoms with E-state index in [1.807, 2.05) is 32.0 Å². The van der Waals surface area contributed by atoms with Crippen molar-refractivity contribution in [3.8, 4) is 5.75 Å². The molecule has 0 saturated heterocycles. The standard InChI is InChI=1S/C24H20BrCl2N3O3/c1-14-7-15(2)9-19(8-14)32-13-18-5-6-22(33-18)24(31)28-23-20(25)12-30(29-23)11-16-3-4-17(26)10-21(16)27/h3-10,12H,11,13H2,1-2H3,(H,28,29,31). The molecular weight excluding hydrogens is 529 g/mol. The molecule has 0 radical (unpaired) electrons. The summed E-state index contributed by atoms with van der Waals surface area (Å²) in [6.07, 6.45) is 1.76. The molecule has 4 rings (SSSR count). The van der Waals surface area contributed by atoms with Crippen molar-refractivity contribution in [1.29, 1.82) is 0 Å². The fraction of sp³-hybridized carbons (Fsp3) is 0.167. The molecule has 0 aliphatic rings. The number of benzene rings is 2. The number of hydrogen-bond donors (Lipinski definition) is 1. The maximum atomic E-state index is 12.7. The van der Waals surface area contributed by atoms with Crippen LogP contribution >= 0.6 is 39.1 Å². The molecule has 33 heavy (non-hydrogen) atoms. The van der Waals surface area contributed by atoms with Crippen LogP contribution in [0.2, 0.25) is 10.0 Å². The molecule has 0 aliphatic heterocycles. The molecule has 6 nitrogen and oxygen atoms in total. The van der Waals surface area contributed by atoms with E-state index >= 15 is 0 Å². The molecule has 1 amide bonds. The van der Waals surface area contributed by atoms with Crippen molar-refractivity contribution in [2.24, 2.45) is 0 Å². The highest BCUT2D eigenvalue weighted by Gasteiger charge is 2.16. The van der Waals surface area contributed by atoms with Gasteiger partial charge in [-0.1, -0.05) is 35.3 Å². The van der Waals surface area contributed by atoms with E-state index in [1.165, 1.54) is 0 Å². The van der Waals surface area contributed by atoms with Crippen molar-refractivity contribution in [3.63, 3.8) is 0 Å². The quantitative estimate of drug-likeness (QED) is 0.269. The number of amides is 1. The van der Waals surface area contributed by atoms with Crippen LogP contribution in [0.25, 0.3) is 0 Å². The van der Waals surface area contributed by atoms with Crippen molar-refractivity contribution in [2.45, 2.75) is 27.0 Å². The van der Waals surface area contributed by atoms with E-state index in [0.29, 0.717) is 32.6 Å². The first-order valence-corrected chi connectivity index (χ1v) is 11.6. The number of anilines is 1. The van der Waals surface area contributed by atoms with Gasteiger partial charge in [0.25, 0.3) is 5.91 Å². The summed E-state index contributed by atoms with van der Waals surface area (Å²) in [4.78, 5) is 12.7. The Labute approximate surface area is 209 Å². The number of aromatic nitrogens is 2. The highest BCUT2D eigenvalue weighted by atomic mass is 79.9. The van der Waals surface area contributed by atoms with Gasteiger partial charge in [-0.25, -0.2) is 0 Å². The summed E-state index contributed by atoms with van der Waals surface area (Å²) in [6.45, 7) is 4.67. The summed E-state index contributed by atoms with van der Waals surface area (Å²) in [7, 11) is 0. The lowest BCUT2D eigenvalue weighted by Gasteiger charge is -2.06. The van der Waals surface area contributed by atoms with E-state index in [-0.39, 0.29) is 12.4 Å². The van der Waals surface area contributed by atoms with Crippen molar-refractivity contribution < 1.29 is 13.9 Å². The average molecular weight is 549 g/mol. The van der Waals surface area contributed by atoms with Crippen molar-refractivity contribution in [3.05, 3.63) is 97.5 Å². The van der Waals surface area contributed by atoms with Crippen LogP contribution in [0.5, 0.6) is 5.75 Å². The molecule has 0 fully saturated rings. The summed E-state index contributed by atoms with van der Waals surface area (Å²) < 4.78 is 13.7. The third-order valence-electron chi connectivity index (χ3n) is 4.76. The van der Waals surface area contributed by atoms with Crippen LogP contribution in [0.1, 0.15) is 33.0 Å². The Kier molecular flexibility index (Phi) is 7.12. The highest BCUT2D eigenvalue weighted by Crippen LogP contribution is 2.25. The smallest absolute Gasteiger partial charge is 0.292 e. The summed E-state index contributed by atoms with van der Waals surface area (Å²) in [6, 6.07) is 14.6. The third kappa shape index (κ3) is 5.99. The van der Waals surface area contributed by atoms with Gasteiger partial charge in [0.05, 0.1) is 11.0 Å². The molecule has 0 saturated carbocycles. The van der Waals surface area contributed by atoms with Crippen molar-refractivity contribution in [2.75, 3.05) is 5.32 Å². The Morgan fingerprint density at radius 3 is 2.61 bits per heavy atom. The van der Waals surface area contributed by atoms with Gasteiger partial charge >= 0.3 is 0 Å². The van der Waals surface area contributed by atoms with E-state index in [9.17, 15) is 4.79 Å². The molecule has 0 bridgehead atoms. The number of rotatable bonds is 7. The average Bonchev–Trinajstić information content (AvgIpc) is 3.35. The Morgan fingerprint density at radius 1 is 1.12 bits per heavy atom. The van der Waals surface area contributed by atoms with Crippen molar-refractivity contribution in [1.82, 2.24) is 9.78 Å². The Morgan fingerprint density at radius 2 is 1.88 bits per heavy atom. The van der Waals surface area contributed by atoms with Crippen molar-refractivity contribution >= 4 is 50.9 Å². The van der Waals surface area contributed by atoms with Crippen LogP contribution in [0.3, 0.4) is 0 Å². The monoisotopic (exact) mass is 547 g/mol. The molecule has 0 unspecified atom stereocenters. The number of ether oxygens (including phenoxy) is 1. The van der Waals surface area contributed by atoms with Gasteiger partial charge in [0, 0.05) is 16.2 Å². The van der Waals surface area contributed by atoms with E-state index in [4.69, 9.17) is 32.4 Å². The number of carbonyl (C=O) groups is 1. The fourth-order valence-electron chi connectivity index (χ4n) is 3.30. The van der Waals surface area contributed by atoms with Gasteiger partial charge in [-0.05, 0) is 82.9 Å². The van der Waals surface area contributed by atoms with Crippen LogP contribution < -0.4 is 10.1 Å². The van der Waals surface area contributed by atoms with Crippen LogP contribution in [0.15, 0.2) is 63.6 Å². The Hall–Kier alpha value is -2.74. The Bertz CT molecular complexity index is 1300. The van der Waals surface area contributed by atoms with Crippen LogP contribution in [-0.2, 0) is 13.2 Å². The molecule has 0 aliphatic carbocycles. The largest absolute Gasteiger partial charge is 0.486 e. The maximum absolute atomic E-state index is 12.7. The Balaban J connectivity index is 1.39. The first kappa shape index (κ1) is 23.4. The number of furan rings is 1. The summed E-state index contributed by atoms with van der Waals surface area (Å²) in [5, 5.41) is 8.28. The molecule has 4 aromatic rings. The first-order valence-electron chi connectivity index (χ1n) is 10.0. The summed E-state index contributed by atoms with van der Waals surface area (Å²) in [5.41, 5.74) is 3.09. The SMILES string of the molecule is Cc1cc(C)cc(OCc2ccc(C(=O)Nc3nn(Cc4ccc(Cl)cc4Cl)cc3Br)o2)c1. The predicted octanol–water partition coefficient (Wildman–Crippen LogP) is 7.04. The van der Waals surface area contributed by atoms with E-state index in [0.717, 1.165) is 22.4 Å². The molecular formula is C24H20BrCl2N3O3. The minimum absolute atomic E-state index is 0.163. The zero-order chi connectivity index (χ0) is 23.5. The number of nitrogens with one attached hydrogen (secondary N) is 1. The zero-order valence-electron chi connectivity index (χ0n) is 17.9. The molecule has 1 N–H and O–H groups in total. The fourth-order valence-corrected chi connectivity index (χ4v) is 4.19. The topological polar surface area (TPSA) is 69.3 Å². The molecule has 0 spiro atoms. The van der Waals surface area contributed by atoms with Gasteiger partial charge in [0.1, 0.15) is 18.1 Å². The normalized spacial score (nSPS) is 10.9. The molecule has 2 aromatic heterocycles. The summed E-state index contributed by atoms with van der Waals surface area (Å²) >= 11 is 15.6. The van der Waals surface area contributed by atoms with Gasteiger partial charge in [-0.15, -0.1) is 0 Å². The van der Waals surface area contributed by atoms with Gasteiger partial charge in [-0.3, -0.25) is 9.48 Å². The molecule has 170 valence electrons. The summed E-state index contributed by atoms with van der Waals surface area (Å²) in [5.74, 6) is 1.42. The number of aryl methyl sites for hydroxylation is 2. The highest BCUT2D eigenvalue weighted by molar-refractivity contribution is 9.10. The second kappa shape index (κ2) is 10.0. The maximum Gasteiger partial charge on any atom is 0.292 e. The van der Waals surface area contributed by atoms with E-state index in [2.05, 4.69) is 32.4 Å². The number of nitrogens with zero attached hydrogens (tertiary/aromatic N) is 2. The lowest BCUT2D eigenvalue weighted by atomic mass is 10.1. The number of halogens is 3. The van der Waals surface area contributed by atoms with Gasteiger partial charge in [0.2, 0.25) is 0 Å². The lowest BCUT2D eigenvalue weighted by Crippen LogP contribution is -2.12. The minimum atomic E-state index is -0.414. The van der Waals surface area contributed by atoms with E-state index in [1.54, 1.807) is 35.1 Å². The van der Waals surface area contributed by atoms with Gasteiger partial charge in [-0.2, -0.15) is 5.10 Å². The van der Waals surface area contributed by atoms with Crippen LogP contribution in [-0.4, -0.2) is 15.7 Å². The van der Waals surface area contributed by atoms with Gasteiger partial charge < -0.3 is 14.5 Å².